The summed E-state index contributed by atoms with van der Waals surface area (Å²) in [6.07, 6.45) is 16.6. The van der Waals surface area contributed by atoms with Gasteiger partial charge in [-0.15, -0.1) is 0 Å². The van der Waals surface area contributed by atoms with Gasteiger partial charge in [-0.1, -0.05) is 26.0 Å². The lowest BCUT2D eigenvalue weighted by Gasteiger charge is -2.59. The third-order valence-corrected chi connectivity index (χ3v) is 9.18. The van der Waals surface area contributed by atoms with E-state index in [4.69, 9.17) is 0 Å². The highest BCUT2D eigenvalue weighted by Crippen LogP contribution is 2.65. The van der Waals surface area contributed by atoms with Crippen molar-refractivity contribution in [2.75, 3.05) is 0 Å². The van der Waals surface area contributed by atoms with Crippen LogP contribution < -0.4 is 5.32 Å². The minimum Gasteiger partial charge on any atom is -0.389 e. The first kappa shape index (κ1) is 15.9. The van der Waals surface area contributed by atoms with Crippen molar-refractivity contribution in [2.24, 2.45) is 34.5 Å². The summed E-state index contributed by atoms with van der Waals surface area (Å²) in [6, 6.07) is 1.63. The maximum absolute atomic E-state index is 10.1. The molecule has 2 nitrogen and oxygen atoms in total. The molecular weight excluding hydrogens is 294 g/mol. The minimum absolute atomic E-state index is 0.188. The van der Waals surface area contributed by atoms with Crippen LogP contribution in [0.4, 0.5) is 0 Å². The average molecular weight is 330 g/mol. The van der Waals surface area contributed by atoms with Gasteiger partial charge >= 0.3 is 0 Å². The van der Waals surface area contributed by atoms with Crippen LogP contribution in [0.5, 0.6) is 0 Å². The molecule has 0 radical (unpaired) electrons. The van der Waals surface area contributed by atoms with E-state index in [1.54, 1.807) is 0 Å². The van der Waals surface area contributed by atoms with E-state index in [9.17, 15) is 5.11 Å². The molecule has 0 aliphatic heterocycles. The fourth-order valence-electron chi connectivity index (χ4n) is 7.60. The highest BCUT2D eigenvalue weighted by atomic mass is 16.3. The zero-order valence-electron chi connectivity index (χ0n) is 15.5. The van der Waals surface area contributed by atoms with Crippen molar-refractivity contribution in [1.29, 1.82) is 0 Å². The summed E-state index contributed by atoms with van der Waals surface area (Å²) in [6.45, 7) is 5.14. The number of nitrogens with one attached hydrogen (secondary N) is 1. The predicted octanol–water partition coefficient (Wildman–Crippen LogP) is 4.29. The molecule has 134 valence electrons. The molecule has 2 heteroatoms. The second kappa shape index (κ2) is 5.33. The molecule has 2 N–H and O–H groups in total. The molecule has 4 saturated carbocycles. The van der Waals surface area contributed by atoms with E-state index in [1.807, 2.05) is 0 Å². The summed E-state index contributed by atoms with van der Waals surface area (Å²) >= 11 is 0. The molecule has 3 unspecified atom stereocenters. The molecule has 0 aromatic rings. The second-order valence-electron chi connectivity index (χ2n) is 10.3. The Morgan fingerprint density at radius 2 is 1.79 bits per heavy atom. The van der Waals surface area contributed by atoms with Gasteiger partial charge in [0.05, 0.1) is 6.10 Å². The third kappa shape index (κ3) is 2.21. The van der Waals surface area contributed by atoms with Crippen LogP contribution in [0.1, 0.15) is 71.6 Å². The number of allylic oxidation sites excluding steroid dienone is 1. The maximum Gasteiger partial charge on any atom is 0.0724 e. The lowest BCUT2D eigenvalue weighted by atomic mass is 9.46. The van der Waals surface area contributed by atoms with E-state index in [-0.39, 0.29) is 6.10 Å². The van der Waals surface area contributed by atoms with Gasteiger partial charge < -0.3 is 10.4 Å². The zero-order valence-corrected chi connectivity index (χ0v) is 15.5. The van der Waals surface area contributed by atoms with E-state index in [0.717, 1.165) is 36.3 Å². The Labute approximate surface area is 147 Å². The molecule has 5 aliphatic carbocycles. The number of aliphatic hydroxyl groups is 1. The predicted molar refractivity (Wildman–Crippen MR) is 97.6 cm³/mol. The monoisotopic (exact) mass is 329 g/mol. The zero-order chi connectivity index (χ0) is 16.5. The molecule has 0 amide bonds. The molecule has 24 heavy (non-hydrogen) atoms. The summed E-state index contributed by atoms with van der Waals surface area (Å²) in [5, 5.41) is 14.1. The summed E-state index contributed by atoms with van der Waals surface area (Å²) in [5.41, 5.74) is 0.899. The molecule has 8 atom stereocenters. The Bertz CT molecular complexity index is 540. The number of hydrogen-bond acceptors (Lipinski definition) is 2. The minimum atomic E-state index is -0.188. The number of hydrogen-bond donors (Lipinski definition) is 2. The van der Waals surface area contributed by atoms with E-state index < -0.39 is 0 Å². The SMILES string of the molecule is C[C@]12C=CC(O)CC1CC[C@@H]1[C@H]2CC[C@]2(C)C(NC3CC3)CC[C@@H]12. The normalized spacial score (nSPS) is 56.5. The highest BCUT2D eigenvalue weighted by molar-refractivity contribution is 5.18. The van der Waals surface area contributed by atoms with Crippen molar-refractivity contribution >= 4 is 0 Å². The fraction of sp³-hybridized carbons (Fsp3) is 0.909. The summed E-state index contributed by atoms with van der Waals surface area (Å²) < 4.78 is 0. The van der Waals surface area contributed by atoms with E-state index in [1.165, 1.54) is 51.4 Å². The van der Waals surface area contributed by atoms with Crippen molar-refractivity contribution in [2.45, 2.75) is 89.8 Å². The summed E-state index contributed by atoms with van der Waals surface area (Å²) in [4.78, 5) is 0. The first-order valence-corrected chi connectivity index (χ1v) is 10.6. The Morgan fingerprint density at radius 1 is 0.958 bits per heavy atom. The lowest BCUT2D eigenvalue weighted by molar-refractivity contribution is -0.0812. The largest absolute Gasteiger partial charge is 0.389 e. The molecular formula is C22H35NO. The molecule has 0 aromatic heterocycles. The molecule has 4 fully saturated rings. The third-order valence-electron chi connectivity index (χ3n) is 9.18. The molecule has 0 bridgehead atoms. The Kier molecular flexibility index (Phi) is 3.53. The summed E-state index contributed by atoms with van der Waals surface area (Å²) in [5.74, 6) is 3.43. The van der Waals surface area contributed by atoms with Crippen molar-refractivity contribution in [3.63, 3.8) is 0 Å². The van der Waals surface area contributed by atoms with Gasteiger partial charge in [0, 0.05) is 12.1 Å². The van der Waals surface area contributed by atoms with Gasteiger partial charge in [-0.05, 0) is 92.3 Å². The van der Waals surface area contributed by atoms with E-state index in [2.05, 4.69) is 31.3 Å². The first-order chi connectivity index (χ1) is 11.5. The summed E-state index contributed by atoms with van der Waals surface area (Å²) in [7, 11) is 0. The van der Waals surface area contributed by atoms with Gasteiger partial charge in [-0.2, -0.15) is 0 Å². The topological polar surface area (TPSA) is 32.3 Å². The van der Waals surface area contributed by atoms with Crippen LogP contribution in [0.3, 0.4) is 0 Å². The molecule has 0 saturated heterocycles. The van der Waals surface area contributed by atoms with Crippen LogP contribution in [0, 0.1) is 34.5 Å². The first-order valence-electron chi connectivity index (χ1n) is 10.6. The molecule has 0 spiro atoms. The standard InChI is InChI=1S/C22H35NO/c1-21-11-9-16(24)13-14(21)3-6-17-18-7-8-20(23-15-4-5-15)22(18,2)12-10-19(17)21/h9,11,14-20,23-24H,3-8,10,12-13H2,1-2H3/t14?,16?,17-,18-,19+,20?,21-,22-/m0/s1. The van der Waals surface area contributed by atoms with Gasteiger partial charge in [-0.3, -0.25) is 0 Å². The average Bonchev–Trinajstić information content (AvgIpc) is 3.31. The van der Waals surface area contributed by atoms with Crippen molar-refractivity contribution in [1.82, 2.24) is 5.32 Å². The molecule has 5 rings (SSSR count). The van der Waals surface area contributed by atoms with Gasteiger partial charge in [0.2, 0.25) is 0 Å². The quantitative estimate of drug-likeness (QED) is 0.741. The van der Waals surface area contributed by atoms with Gasteiger partial charge in [-0.25, -0.2) is 0 Å². The second-order valence-corrected chi connectivity index (χ2v) is 10.3. The number of fused-ring (bicyclic) bond motifs is 5. The van der Waals surface area contributed by atoms with Crippen LogP contribution in [0.25, 0.3) is 0 Å². The highest BCUT2D eigenvalue weighted by Gasteiger charge is 2.59. The van der Waals surface area contributed by atoms with E-state index >= 15 is 0 Å². The molecule has 0 aromatic carbocycles. The Hall–Kier alpha value is -0.340. The van der Waals surface area contributed by atoms with Crippen LogP contribution >= 0.6 is 0 Å². The number of rotatable bonds is 2. The Morgan fingerprint density at radius 3 is 2.58 bits per heavy atom. The molecule has 0 heterocycles. The van der Waals surface area contributed by atoms with Crippen molar-refractivity contribution in [3.8, 4) is 0 Å². The van der Waals surface area contributed by atoms with E-state index in [0.29, 0.717) is 16.7 Å². The molecule has 5 aliphatic rings. The Balaban J connectivity index is 1.41. The van der Waals surface area contributed by atoms with Gasteiger partial charge in [0.1, 0.15) is 0 Å². The van der Waals surface area contributed by atoms with Gasteiger partial charge in [0.15, 0.2) is 0 Å². The van der Waals surface area contributed by atoms with Crippen LogP contribution in [0.15, 0.2) is 12.2 Å². The number of aliphatic hydroxyl groups excluding tert-OH is 1. The van der Waals surface area contributed by atoms with Gasteiger partial charge in [0.25, 0.3) is 0 Å². The van der Waals surface area contributed by atoms with Crippen LogP contribution in [-0.2, 0) is 0 Å². The van der Waals surface area contributed by atoms with Crippen LogP contribution in [-0.4, -0.2) is 23.3 Å². The van der Waals surface area contributed by atoms with Crippen LogP contribution in [0.2, 0.25) is 0 Å². The maximum atomic E-state index is 10.1. The smallest absolute Gasteiger partial charge is 0.0724 e. The lowest BCUT2D eigenvalue weighted by Crippen LogP contribution is -2.55. The van der Waals surface area contributed by atoms with Crippen molar-refractivity contribution < 1.29 is 5.11 Å². The van der Waals surface area contributed by atoms with Crippen molar-refractivity contribution in [3.05, 3.63) is 12.2 Å². The fourth-order valence-corrected chi connectivity index (χ4v) is 7.60.